The minimum atomic E-state index is -3.25. The minimum Gasteiger partial charge on any atom is -0.493 e. The van der Waals surface area contributed by atoms with Crippen LogP contribution in [0.2, 0.25) is 0 Å². The third-order valence-corrected chi connectivity index (χ3v) is 5.14. The van der Waals surface area contributed by atoms with Crippen molar-refractivity contribution in [3.05, 3.63) is 23.3 Å². The van der Waals surface area contributed by atoms with E-state index in [-0.39, 0.29) is 0 Å². The maximum atomic E-state index is 12.0. The molecule has 1 aromatic carbocycles. The molecule has 0 atom stereocenters. The van der Waals surface area contributed by atoms with Gasteiger partial charge in [0, 0.05) is 12.1 Å². The topological polar surface area (TPSA) is 55.8 Å². The van der Waals surface area contributed by atoms with E-state index < -0.39 is 15.6 Å². The van der Waals surface area contributed by atoms with Crippen molar-refractivity contribution in [1.29, 1.82) is 0 Å². The van der Waals surface area contributed by atoms with E-state index in [2.05, 4.69) is 0 Å². The Bertz CT molecular complexity index is 622. The summed E-state index contributed by atoms with van der Waals surface area (Å²) >= 11 is 0. The average Bonchev–Trinajstić information content (AvgIpc) is 2.34. The second-order valence-corrected chi connectivity index (χ2v) is 7.64. The van der Waals surface area contributed by atoms with E-state index >= 15 is 0 Å². The molecule has 112 valence electrons. The van der Waals surface area contributed by atoms with Crippen molar-refractivity contribution in [3.63, 3.8) is 0 Å². The Morgan fingerprint density at radius 3 is 2.05 bits per heavy atom. The quantitative estimate of drug-likeness (QED) is 0.854. The fourth-order valence-corrected chi connectivity index (χ4v) is 4.10. The van der Waals surface area contributed by atoms with Gasteiger partial charge in [0.15, 0.2) is 11.5 Å². The fraction of sp³-hybridized carbons (Fsp3) is 0.571. The van der Waals surface area contributed by atoms with E-state index in [1.807, 2.05) is 26.0 Å². The Kier molecular flexibility index (Phi) is 3.73. The molecule has 0 aliphatic carbocycles. The molecule has 0 radical (unpaired) electrons. The molecular weight excluding hydrogens is 278 g/mol. The van der Waals surface area contributed by atoms with Gasteiger partial charge in [-0.15, -0.1) is 0 Å². The number of methoxy groups -OCH3 is 2. The number of fused-ring (bicyclic) bond motifs is 1. The maximum Gasteiger partial charge on any atom is 0.212 e. The smallest absolute Gasteiger partial charge is 0.212 e. The third-order valence-electron chi connectivity index (χ3n) is 3.72. The van der Waals surface area contributed by atoms with Crippen LogP contribution in [0, 0.1) is 0 Å². The Balaban J connectivity index is 2.53. The molecule has 5 nitrogen and oxygen atoms in total. The van der Waals surface area contributed by atoms with Crippen LogP contribution in [0.25, 0.3) is 0 Å². The lowest BCUT2D eigenvalue weighted by Gasteiger charge is -2.41. The standard InChI is InChI=1S/C14H21NO4S/c1-14(2)8-10-6-12(18-3)13(19-4)7-11(10)9-15(14)20(5,16)17/h6-7H,8-9H2,1-5H3. The summed E-state index contributed by atoms with van der Waals surface area (Å²) in [7, 11) is -0.0772. The monoisotopic (exact) mass is 299 g/mol. The average molecular weight is 299 g/mol. The van der Waals surface area contributed by atoms with Crippen molar-refractivity contribution in [2.24, 2.45) is 0 Å². The van der Waals surface area contributed by atoms with Crippen LogP contribution in [-0.2, 0) is 23.0 Å². The van der Waals surface area contributed by atoms with Crippen LogP contribution in [-0.4, -0.2) is 38.7 Å². The van der Waals surface area contributed by atoms with Gasteiger partial charge in [-0.1, -0.05) is 0 Å². The molecular formula is C14H21NO4S. The van der Waals surface area contributed by atoms with Crippen LogP contribution in [0.5, 0.6) is 11.5 Å². The lowest BCUT2D eigenvalue weighted by molar-refractivity contribution is 0.203. The molecule has 0 spiro atoms. The third kappa shape index (κ3) is 2.62. The fourth-order valence-electron chi connectivity index (χ4n) is 2.76. The zero-order valence-corrected chi connectivity index (χ0v) is 13.4. The van der Waals surface area contributed by atoms with Crippen LogP contribution < -0.4 is 9.47 Å². The van der Waals surface area contributed by atoms with Gasteiger partial charge in [0.05, 0.1) is 20.5 Å². The highest BCUT2D eigenvalue weighted by atomic mass is 32.2. The van der Waals surface area contributed by atoms with E-state index in [0.717, 1.165) is 11.1 Å². The number of benzene rings is 1. The predicted octanol–water partition coefficient (Wildman–Crippen LogP) is 1.80. The number of sulfonamides is 1. The molecule has 0 N–H and O–H groups in total. The molecule has 0 fully saturated rings. The first-order chi connectivity index (χ1) is 9.19. The van der Waals surface area contributed by atoms with Crippen LogP contribution in [0.15, 0.2) is 12.1 Å². The Labute approximate surface area is 120 Å². The molecule has 0 unspecified atom stereocenters. The molecule has 1 aliphatic rings. The normalized spacial score (nSPS) is 18.4. The molecule has 1 aliphatic heterocycles. The molecule has 20 heavy (non-hydrogen) atoms. The van der Waals surface area contributed by atoms with E-state index in [1.54, 1.807) is 14.2 Å². The van der Waals surface area contributed by atoms with E-state index in [4.69, 9.17) is 9.47 Å². The lowest BCUT2D eigenvalue weighted by Crippen LogP contribution is -2.50. The zero-order chi connectivity index (χ0) is 15.1. The molecule has 0 aromatic heterocycles. The van der Waals surface area contributed by atoms with Crippen LogP contribution in [0.1, 0.15) is 25.0 Å². The lowest BCUT2D eigenvalue weighted by atomic mass is 9.87. The highest BCUT2D eigenvalue weighted by Crippen LogP contribution is 2.38. The van der Waals surface area contributed by atoms with Gasteiger partial charge >= 0.3 is 0 Å². The van der Waals surface area contributed by atoms with Gasteiger partial charge in [-0.3, -0.25) is 0 Å². The Hall–Kier alpha value is -1.27. The Morgan fingerprint density at radius 1 is 1.10 bits per heavy atom. The first kappa shape index (κ1) is 15.1. The summed E-state index contributed by atoms with van der Waals surface area (Å²) in [5, 5.41) is 0. The molecule has 2 rings (SSSR count). The first-order valence-electron chi connectivity index (χ1n) is 6.40. The van der Waals surface area contributed by atoms with Crippen molar-refractivity contribution in [3.8, 4) is 11.5 Å². The van der Waals surface area contributed by atoms with Gasteiger partial charge in [-0.25, -0.2) is 8.42 Å². The molecule has 1 heterocycles. The van der Waals surface area contributed by atoms with Gasteiger partial charge in [-0.05, 0) is 43.5 Å². The van der Waals surface area contributed by atoms with Crippen molar-refractivity contribution in [2.75, 3.05) is 20.5 Å². The summed E-state index contributed by atoms with van der Waals surface area (Å²) in [5.74, 6) is 1.30. The second kappa shape index (κ2) is 4.93. The SMILES string of the molecule is COc1cc2c(cc1OC)CC(C)(C)N(S(C)(=O)=O)C2. The van der Waals surface area contributed by atoms with Gasteiger partial charge in [-0.2, -0.15) is 4.31 Å². The van der Waals surface area contributed by atoms with Crippen molar-refractivity contribution in [2.45, 2.75) is 32.4 Å². The van der Waals surface area contributed by atoms with Crippen LogP contribution in [0.4, 0.5) is 0 Å². The number of rotatable bonds is 3. The van der Waals surface area contributed by atoms with E-state index in [1.165, 1.54) is 10.6 Å². The van der Waals surface area contributed by atoms with Gasteiger partial charge in [0.25, 0.3) is 0 Å². The molecule has 6 heteroatoms. The number of ether oxygens (including phenoxy) is 2. The predicted molar refractivity (Wildman–Crippen MR) is 77.7 cm³/mol. The summed E-state index contributed by atoms with van der Waals surface area (Å²) < 4.78 is 36.0. The molecule has 0 saturated carbocycles. The number of hydrogen-bond donors (Lipinski definition) is 0. The molecule has 1 aromatic rings. The minimum absolute atomic E-state index is 0.363. The summed E-state index contributed by atoms with van der Waals surface area (Å²) in [4.78, 5) is 0. The summed E-state index contributed by atoms with van der Waals surface area (Å²) in [6.07, 6.45) is 1.90. The molecule has 0 saturated heterocycles. The number of hydrogen-bond acceptors (Lipinski definition) is 4. The van der Waals surface area contributed by atoms with Gasteiger partial charge in [0.1, 0.15) is 0 Å². The van der Waals surface area contributed by atoms with Gasteiger partial charge < -0.3 is 9.47 Å². The first-order valence-corrected chi connectivity index (χ1v) is 8.25. The van der Waals surface area contributed by atoms with E-state index in [9.17, 15) is 8.42 Å². The summed E-state index contributed by atoms with van der Waals surface area (Å²) in [6, 6.07) is 3.80. The maximum absolute atomic E-state index is 12.0. The van der Waals surface area contributed by atoms with E-state index in [0.29, 0.717) is 24.5 Å². The second-order valence-electron chi connectivity index (χ2n) is 5.73. The zero-order valence-electron chi connectivity index (χ0n) is 12.6. The van der Waals surface area contributed by atoms with Crippen LogP contribution >= 0.6 is 0 Å². The largest absolute Gasteiger partial charge is 0.493 e. The van der Waals surface area contributed by atoms with Crippen molar-refractivity contribution in [1.82, 2.24) is 4.31 Å². The Morgan fingerprint density at radius 2 is 1.60 bits per heavy atom. The van der Waals surface area contributed by atoms with Crippen molar-refractivity contribution >= 4 is 10.0 Å². The number of nitrogens with zero attached hydrogens (tertiary/aromatic N) is 1. The summed E-state index contributed by atoms with van der Waals surface area (Å²) in [5.41, 5.74) is 1.63. The molecule has 0 bridgehead atoms. The van der Waals surface area contributed by atoms with Crippen LogP contribution in [0.3, 0.4) is 0 Å². The van der Waals surface area contributed by atoms with Crippen molar-refractivity contribution < 1.29 is 17.9 Å². The summed E-state index contributed by atoms with van der Waals surface area (Å²) in [6.45, 7) is 4.24. The highest BCUT2D eigenvalue weighted by molar-refractivity contribution is 7.88. The highest BCUT2D eigenvalue weighted by Gasteiger charge is 2.38. The molecule has 0 amide bonds. The van der Waals surface area contributed by atoms with Gasteiger partial charge in [0.2, 0.25) is 10.0 Å².